The van der Waals surface area contributed by atoms with E-state index in [0.717, 1.165) is 22.4 Å². The molecule has 0 saturated heterocycles. The summed E-state index contributed by atoms with van der Waals surface area (Å²) < 4.78 is 6.31. The quantitative estimate of drug-likeness (QED) is 0.346. The van der Waals surface area contributed by atoms with Crippen molar-refractivity contribution in [2.24, 2.45) is 0 Å². The maximum atomic E-state index is 12.9. The van der Waals surface area contributed by atoms with Crippen molar-refractivity contribution in [3.63, 3.8) is 0 Å². The van der Waals surface area contributed by atoms with Crippen LogP contribution in [-0.2, 0) is 20.9 Å². The number of esters is 1. The summed E-state index contributed by atoms with van der Waals surface area (Å²) in [6.45, 7) is 7.29. The average molecular weight is 487 g/mol. The van der Waals surface area contributed by atoms with E-state index >= 15 is 0 Å². The minimum absolute atomic E-state index is 0.0501. The lowest BCUT2D eigenvalue weighted by atomic mass is 9.99. The zero-order chi connectivity index (χ0) is 26.1. The lowest BCUT2D eigenvalue weighted by Crippen LogP contribution is -2.43. The van der Waals surface area contributed by atoms with E-state index in [4.69, 9.17) is 10.5 Å². The predicted molar refractivity (Wildman–Crippen MR) is 134 cm³/mol. The summed E-state index contributed by atoms with van der Waals surface area (Å²) >= 11 is 0. The highest BCUT2D eigenvalue weighted by atomic mass is 16.5. The molecule has 1 heterocycles. The van der Waals surface area contributed by atoms with Crippen LogP contribution in [0.25, 0.3) is 0 Å². The number of carbonyl (C=O) groups excluding carboxylic acids is 3. The molecule has 35 heavy (non-hydrogen) atoms. The molecule has 0 saturated carbocycles. The topological polar surface area (TPSA) is 145 Å². The molecule has 10 heteroatoms. The van der Waals surface area contributed by atoms with Gasteiger partial charge in [-0.2, -0.15) is 0 Å². The molecular formula is C25H34N4O6. The summed E-state index contributed by atoms with van der Waals surface area (Å²) in [6, 6.07) is 5.53. The molecule has 0 aliphatic rings. The fourth-order valence-electron chi connectivity index (χ4n) is 3.64. The number of aromatic nitrogens is 2. The molecule has 2 aromatic rings. The minimum atomic E-state index is -0.783. The van der Waals surface area contributed by atoms with E-state index in [2.05, 4.69) is 4.98 Å². The minimum Gasteiger partial charge on any atom is -0.456 e. The number of carbonyl (C=O) groups is 3. The smallest absolute Gasteiger partial charge is 0.330 e. The second kappa shape index (κ2) is 12.7. The molecular weight excluding hydrogens is 452 g/mol. The number of hydrogen-bond donors (Lipinski definition) is 2. The van der Waals surface area contributed by atoms with Crippen LogP contribution in [0.15, 0.2) is 27.8 Å². The highest BCUT2D eigenvalue weighted by Gasteiger charge is 2.25. The van der Waals surface area contributed by atoms with Gasteiger partial charge in [0.2, 0.25) is 0 Å². The molecule has 0 unspecified atom stereocenters. The normalized spacial score (nSPS) is 10.7. The summed E-state index contributed by atoms with van der Waals surface area (Å²) in [5.41, 5.74) is 6.84. The van der Waals surface area contributed by atoms with Crippen LogP contribution in [0, 0.1) is 13.8 Å². The van der Waals surface area contributed by atoms with E-state index < -0.39 is 29.7 Å². The van der Waals surface area contributed by atoms with Crippen molar-refractivity contribution >= 4 is 29.2 Å². The van der Waals surface area contributed by atoms with E-state index in [1.807, 2.05) is 39.8 Å². The van der Waals surface area contributed by atoms with E-state index in [-0.39, 0.29) is 43.2 Å². The molecule has 0 spiro atoms. The Kier molecular flexibility index (Phi) is 9.98. The number of H-pyrrole nitrogens is 1. The van der Waals surface area contributed by atoms with Gasteiger partial charge in [-0.25, -0.2) is 4.79 Å². The zero-order valence-corrected chi connectivity index (χ0v) is 20.8. The Hall–Kier alpha value is -3.69. The highest BCUT2D eigenvalue weighted by Crippen LogP contribution is 2.18. The molecule has 1 aromatic heterocycles. The predicted octanol–water partition coefficient (Wildman–Crippen LogP) is 2.49. The van der Waals surface area contributed by atoms with Gasteiger partial charge in [0.25, 0.3) is 11.5 Å². The Labute approximate surface area is 204 Å². The molecule has 0 bridgehead atoms. The summed E-state index contributed by atoms with van der Waals surface area (Å²) in [5.74, 6) is -1.65. The number of hydrogen-bond acceptors (Lipinski definition) is 7. The van der Waals surface area contributed by atoms with Crippen molar-refractivity contribution < 1.29 is 19.1 Å². The van der Waals surface area contributed by atoms with Gasteiger partial charge in [-0.05, 0) is 38.3 Å². The van der Waals surface area contributed by atoms with Gasteiger partial charge < -0.3 is 15.4 Å². The average Bonchev–Trinajstić information content (AvgIpc) is 2.82. The van der Waals surface area contributed by atoms with Crippen LogP contribution in [0.4, 0.5) is 11.5 Å². The fraction of sp³-hybridized carbons (Fsp3) is 0.480. The van der Waals surface area contributed by atoms with Gasteiger partial charge in [0.15, 0.2) is 18.1 Å². The number of nitrogen functional groups attached to an aromatic ring is 1. The number of nitrogens with two attached hydrogens (primary N) is 1. The summed E-state index contributed by atoms with van der Waals surface area (Å²) in [5, 5.41) is 0. The van der Waals surface area contributed by atoms with Gasteiger partial charge in [-0.15, -0.1) is 0 Å². The molecule has 0 fully saturated rings. The van der Waals surface area contributed by atoms with Gasteiger partial charge in [-0.3, -0.25) is 28.7 Å². The Bertz CT molecular complexity index is 1200. The number of Topliss-reactive ketones (excluding diaryl/α,β-unsaturated/α-hetero) is 1. The van der Waals surface area contributed by atoms with Crippen LogP contribution in [-0.4, -0.2) is 40.4 Å². The monoisotopic (exact) mass is 486 g/mol. The first-order valence-electron chi connectivity index (χ1n) is 11.8. The number of aromatic amines is 1. The number of anilines is 2. The first-order chi connectivity index (χ1) is 16.6. The molecule has 10 nitrogen and oxygen atoms in total. The van der Waals surface area contributed by atoms with Crippen LogP contribution in [0.5, 0.6) is 0 Å². The van der Waals surface area contributed by atoms with Crippen molar-refractivity contribution in [2.75, 3.05) is 23.8 Å². The number of benzene rings is 1. The van der Waals surface area contributed by atoms with Gasteiger partial charge in [0.05, 0.1) is 6.42 Å². The molecule has 2 rings (SSSR count). The largest absolute Gasteiger partial charge is 0.456 e. The third-order valence-electron chi connectivity index (χ3n) is 5.57. The van der Waals surface area contributed by atoms with Gasteiger partial charge in [0.1, 0.15) is 5.82 Å². The molecule has 1 aromatic carbocycles. The van der Waals surface area contributed by atoms with Crippen LogP contribution < -0.4 is 21.9 Å². The Balaban J connectivity index is 2.11. The summed E-state index contributed by atoms with van der Waals surface area (Å²) in [7, 11) is 0. The van der Waals surface area contributed by atoms with Crippen molar-refractivity contribution in [1.29, 1.82) is 0 Å². The maximum absolute atomic E-state index is 12.9. The molecule has 0 atom stereocenters. The second-order valence-corrected chi connectivity index (χ2v) is 8.45. The maximum Gasteiger partial charge on any atom is 0.330 e. The number of amides is 1. The van der Waals surface area contributed by atoms with Gasteiger partial charge in [0, 0.05) is 25.1 Å². The van der Waals surface area contributed by atoms with Crippen molar-refractivity contribution in [2.45, 2.75) is 66.3 Å². The van der Waals surface area contributed by atoms with Gasteiger partial charge in [-0.1, -0.05) is 38.0 Å². The molecule has 0 aliphatic heterocycles. The molecule has 190 valence electrons. The Morgan fingerprint density at radius 2 is 1.80 bits per heavy atom. The Morgan fingerprint density at radius 1 is 1.09 bits per heavy atom. The van der Waals surface area contributed by atoms with Crippen molar-refractivity contribution in [1.82, 2.24) is 9.55 Å². The van der Waals surface area contributed by atoms with Crippen LogP contribution >= 0.6 is 0 Å². The van der Waals surface area contributed by atoms with E-state index in [1.54, 1.807) is 6.07 Å². The summed E-state index contributed by atoms with van der Waals surface area (Å²) in [4.78, 5) is 65.7. The number of ether oxygens (including phenoxy) is 1. The molecule has 3 N–H and O–H groups in total. The molecule has 0 radical (unpaired) electrons. The lowest BCUT2D eigenvalue weighted by molar-refractivity contribution is -0.147. The van der Waals surface area contributed by atoms with Crippen LogP contribution in [0.1, 0.15) is 67.4 Å². The number of unbranched alkanes of at least 4 members (excludes halogenated alkanes) is 1. The SMILES string of the molecule is CCCCN(C(=O)COC(=O)CCC(=O)c1cc(C)ccc1C)c1c(N)n(CCC)c(=O)[nH]c1=O. The van der Waals surface area contributed by atoms with Crippen LogP contribution in [0.2, 0.25) is 0 Å². The zero-order valence-electron chi connectivity index (χ0n) is 20.8. The molecule has 0 aliphatic carbocycles. The number of rotatable bonds is 12. The molecule has 1 amide bonds. The third-order valence-corrected chi connectivity index (χ3v) is 5.57. The lowest BCUT2D eigenvalue weighted by Gasteiger charge is -2.24. The standard InChI is InChI=1S/C25H34N4O6/c1-5-7-13-28(22-23(26)29(12-6-2)25(34)27-24(22)33)20(31)15-35-21(32)11-10-19(30)18-14-16(3)8-9-17(18)4/h8-9,14H,5-7,10-13,15,26H2,1-4H3,(H,27,33,34). The van der Waals surface area contributed by atoms with Gasteiger partial charge >= 0.3 is 11.7 Å². The fourth-order valence-corrected chi connectivity index (χ4v) is 3.64. The van der Waals surface area contributed by atoms with E-state index in [0.29, 0.717) is 18.4 Å². The van der Waals surface area contributed by atoms with Crippen LogP contribution in [0.3, 0.4) is 0 Å². The number of nitrogens with one attached hydrogen (secondary N) is 1. The van der Waals surface area contributed by atoms with Crippen molar-refractivity contribution in [3.05, 3.63) is 55.7 Å². The number of ketones is 1. The summed E-state index contributed by atoms with van der Waals surface area (Å²) in [6.07, 6.45) is 1.66. The Morgan fingerprint density at radius 3 is 2.46 bits per heavy atom. The van der Waals surface area contributed by atoms with E-state index in [1.165, 1.54) is 4.57 Å². The highest BCUT2D eigenvalue weighted by molar-refractivity contribution is 5.99. The first-order valence-corrected chi connectivity index (χ1v) is 11.8. The van der Waals surface area contributed by atoms with Crippen molar-refractivity contribution in [3.8, 4) is 0 Å². The number of aryl methyl sites for hydroxylation is 2. The second-order valence-electron chi connectivity index (χ2n) is 8.45. The third kappa shape index (κ3) is 7.14. The number of nitrogens with zero attached hydrogens (tertiary/aromatic N) is 2. The first kappa shape index (κ1) is 27.6. The van der Waals surface area contributed by atoms with E-state index in [9.17, 15) is 24.0 Å².